The molecular weight excluding hydrogens is 488 g/mol. The van der Waals surface area contributed by atoms with Crippen molar-refractivity contribution < 1.29 is 19.2 Å². The molecule has 4 atom stereocenters. The van der Waals surface area contributed by atoms with E-state index >= 15 is 0 Å². The van der Waals surface area contributed by atoms with Crippen LogP contribution in [-0.2, 0) is 9.59 Å². The van der Waals surface area contributed by atoms with Crippen molar-refractivity contribution in [1.29, 1.82) is 0 Å². The second kappa shape index (κ2) is 8.98. The van der Waals surface area contributed by atoms with E-state index in [1.54, 1.807) is 102 Å². The lowest BCUT2D eigenvalue weighted by atomic mass is 9.85. The lowest BCUT2D eigenvalue weighted by Gasteiger charge is -2.32. The van der Waals surface area contributed by atoms with Gasteiger partial charge in [-0.05, 0) is 42.5 Å². The van der Waals surface area contributed by atoms with Crippen molar-refractivity contribution in [2.45, 2.75) is 12.1 Å². The van der Waals surface area contributed by atoms with Gasteiger partial charge in [0, 0.05) is 27.9 Å². The maximum absolute atomic E-state index is 13.8. The fourth-order valence-electron chi connectivity index (χ4n) is 5.57. The van der Waals surface area contributed by atoms with Crippen LogP contribution in [0.4, 0.5) is 5.69 Å². The lowest BCUT2D eigenvalue weighted by Crippen LogP contribution is -2.46. The Morgan fingerprint density at radius 2 is 1.35 bits per heavy atom. The number of nitrogens with zero attached hydrogens (tertiary/aromatic N) is 2. The van der Waals surface area contributed by atoms with Gasteiger partial charge < -0.3 is 4.90 Å². The number of amides is 2. The van der Waals surface area contributed by atoms with Crippen molar-refractivity contribution in [3.63, 3.8) is 0 Å². The van der Waals surface area contributed by atoms with Crippen LogP contribution in [0.5, 0.6) is 0 Å². The topological polar surface area (TPSA) is 74.8 Å². The average Bonchev–Trinajstić information content (AvgIpc) is 3.40. The van der Waals surface area contributed by atoms with Crippen molar-refractivity contribution in [1.82, 2.24) is 4.90 Å². The number of anilines is 1. The predicted octanol–water partition coefficient (Wildman–Crippen LogP) is 4.72. The van der Waals surface area contributed by atoms with E-state index in [1.807, 2.05) is 6.07 Å². The molecular formula is C30H21ClN2O4. The molecule has 0 radical (unpaired) electrons. The predicted molar refractivity (Wildman–Crippen MR) is 139 cm³/mol. The summed E-state index contributed by atoms with van der Waals surface area (Å²) < 4.78 is 0. The Balaban J connectivity index is 1.43. The molecule has 0 saturated carbocycles. The van der Waals surface area contributed by atoms with E-state index in [0.717, 1.165) is 0 Å². The third kappa shape index (κ3) is 3.72. The molecule has 182 valence electrons. The van der Waals surface area contributed by atoms with Crippen molar-refractivity contribution in [3.8, 4) is 0 Å². The van der Waals surface area contributed by atoms with E-state index in [2.05, 4.69) is 0 Å². The molecule has 2 saturated heterocycles. The van der Waals surface area contributed by atoms with Gasteiger partial charge in [-0.1, -0.05) is 66.2 Å². The van der Waals surface area contributed by atoms with Crippen LogP contribution in [0.1, 0.15) is 20.7 Å². The number of benzene rings is 3. The minimum absolute atomic E-state index is 0.183. The first-order valence-electron chi connectivity index (χ1n) is 12.0. The van der Waals surface area contributed by atoms with Crippen LogP contribution < -0.4 is 4.90 Å². The van der Waals surface area contributed by atoms with Crippen LogP contribution in [-0.4, -0.2) is 40.4 Å². The molecule has 0 bridgehead atoms. The molecule has 6 rings (SSSR count). The zero-order valence-electron chi connectivity index (χ0n) is 19.5. The Morgan fingerprint density at radius 3 is 2.03 bits per heavy atom. The molecule has 3 aromatic rings. The van der Waals surface area contributed by atoms with E-state index in [1.165, 1.54) is 4.90 Å². The summed E-state index contributed by atoms with van der Waals surface area (Å²) in [5.74, 6) is -2.95. The molecule has 0 N–H and O–H groups in total. The number of ketones is 2. The Labute approximate surface area is 218 Å². The van der Waals surface area contributed by atoms with Crippen LogP contribution in [0.15, 0.2) is 109 Å². The van der Waals surface area contributed by atoms with Gasteiger partial charge in [0.25, 0.3) is 0 Å². The molecule has 2 fully saturated rings. The average molecular weight is 509 g/mol. The van der Waals surface area contributed by atoms with Gasteiger partial charge in [-0.3, -0.25) is 19.2 Å². The number of imide groups is 1. The number of carbonyl (C=O) groups is 4. The summed E-state index contributed by atoms with van der Waals surface area (Å²) >= 11 is 6.02. The van der Waals surface area contributed by atoms with Crippen molar-refractivity contribution in [2.24, 2.45) is 11.8 Å². The molecule has 3 aliphatic heterocycles. The molecule has 3 aromatic carbocycles. The summed E-state index contributed by atoms with van der Waals surface area (Å²) in [6.45, 7) is 0. The maximum atomic E-state index is 13.8. The highest BCUT2D eigenvalue weighted by Gasteiger charge is 2.63. The fourth-order valence-corrected chi connectivity index (χ4v) is 5.70. The Kier molecular flexibility index (Phi) is 5.61. The standard InChI is InChI=1S/C30H21ClN2O4/c31-21-13-11-19(12-14-21)28(35)26-25-24(29(36)33(30(25)37)22-9-5-2-6-10-22)23-17-20(15-16-32(23)26)27(34)18-7-3-1-4-8-18/h1-17,23-26H/t23-,24+,25+,26+/m1/s1. The Morgan fingerprint density at radius 1 is 0.730 bits per heavy atom. The summed E-state index contributed by atoms with van der Waals surface area (Å²) in [5, 5.41) is 0.492. The SMILES string of the molecule is O=C(C1=C[C@@H]2[C@@H]3C(=O)N(c4ccccc4)C(=O)[C@@H]3[C@@H](C(=O)c3ccc(Cl)cc3)N2C=C1)c1ccccc1. The highest BCUT2D eigenvalue weighted by molar-refractivity contribution is 6.30. The first-order valence-corrected chi connectivity index (χ1v) is 12.3. The van der Waals surface area contributed by atoms with Gasteiger partial charge in [0.15, 0.2) is 11.6 Å². The normalized spacial score (nSPS) is 24.1. The zero-order chi connectivity index (χ0) is 25.7. The molecule has 0 aliphatic carbocycles. The molecule has 6 nitrogen and oxygen atoms in total. The van der Waals surface area contributed by atoms with E-state index in [-0.39, 0.29) is 17.5 Å². The van der Waals surface area contributed by atoms with Gasteiger partial charge in [-0.25, -0.2) is 4.90 Å². The first-order chi connectivity index (χ1) is 18.0. The van der Waals surface area contributed by atoms with Gasteiger partial charge in [0.1, 0.15) is 6.04 Å². The summed E-state index contributed by atoms with van der Waals surface area (Å²) in [7, 11) is 0. The number of carbonyl (C=O) groups excluding carboxylic acids is 4. The highest BCUT2D eigenvalue weighted by atomic mass is 35.5. The van der Waals surface area contributed by atoms with E-state index in [9.17, 15) is 19.2 Å². The second-order valence-corrected chi connectivity index (χ2v) is 9.72. The number of fused-ring (bicyclic) bond motifs is 3. The van der Waals surface area contributed by atoms with Gasteiger partial charge >= 0.3 is 0 Å². The summed E-state index contributed by atoms with van der Waals surface area (Å²) in [6.07, 6.45) is 5.05. The van der Waals surface area contributed by atoms with Crippen LogP contribution >= 0.6 is 11.6 Å². The van der Waals surface area contributed by atoms with Gasteiger partial charge in [-0.15, -0.1) is 0 Å². The largest absolute Gasteiger partial charge is 0.359 e. The number of hydrogen-bond donors (Lipinski definition) is 0. The molecule has 3 aliphatic rings. The fraction of sp³-hybridized carbons (Fsp3) is 0.133. The smallest absolute Gasteiger partial charge is 0.240 e. The van der Waals surface area contributed by atoms with E-state index in [0.29, 0.717) is 27.4 Å². The van der Waals surface area contributed by atoms with Crippen LogP contribution in [0, 0.1) is 11.8 Å². The third-order valence-corrected chi connectivity index (χ3v) is 7.51. The molecule has 0 unspecified atom stereocenters. The van der Waals surface area contributed by atoms with Crippen molar-refractivity contribution >= 4 is 40.7 Å². The van der Waals surface area contributed by atoms with Crippen LogP contribution in [0.2, 0.25) is 5.02 Å². The molecule has 0 spiro atoms. The van der Waals surface area contributed by atoms with E-state index in [4.69, 9.17) is 11.6 Å². The molecule has 2 amide bonds. The number of rotatable bonds is 5. The van der Waals surface area contributed by atoms with Crippen molar-refractivity contribution in [2.75, 3.05) is 4.90 Å². The van der Waals surface area contributed by atoms with Crippen molar-refractivity contribution in [3.05, 3.63) is 125 Å². The quantitative estimate of drug-likeness (QED) is 0.368. The molecule has 7 heteroatoms. The molecule has 0 aromatic heterocycles. The number of allylic oxidation sites excluding steroid dienone is 2. The summed E-state index contributed by atoms with van der Waals surface area (Å²) in [4.78, 5) is 57.5. The minimum atomic E-state index is -0.901. The first kappa shape index (κ1) is 23.1. The highest BCUT2D eigenvalue weighted by Crippen LogP contribution is 2.47. The second-order valence-electron chi connectivity index (χ2n) is 9.29. The number of hydrogen-bond acceptors (Lipinski definition) is 5. The molecule has 3 heterocycles. The lowest BCUT2D eigenvalue weighted by molar-refractivity contribution is -0.123. The number of halogens is 1. The van der Waals surface area contributed by atoms with Gasteiger partial charge in [-0.2, -0.15) is 0 Å². The number of para-hydroxylation sites is 1. The number of Topliss-reactive ketones (excluding diaryl/α,β-unsaturated/α-hetero) is 2. The summed E-state index contributed by atoms with van der Waals surface area (Å²) in [6, 6.07) is 22.6. The minimum Gasteiger partial charge on any atom is -0.359 e. The van der Waals surface area contributed by atoms with E-state index < -0.39 is 29.8 Å². The van der Waals surface area contributed by atoms with Gasteiger partial charge in [0.05, 0.1) is 23.6 Å². The zero-order valence-corrected chi connectivity index (χ0v) is 20.3. The maximum Gasteiger partial charge on any atom is 0.240 e. The van der Waals surface area contributed by atoms with Crippen LogP contribution in [0.3, 0.4) is 0 Å². The Hall–Kier alpha value is -4.29. The Bertz CT molecular complexity index is 1480. The third-order valence-electron chi connectivity index (χ3n) is 7.26. The molecule has 37 heavy (non-hydrogen) atoms. The summed E-state index contributed by atoms with van der Waals surface area (Å²) in [5.41, 5.74) is 1.81. The van der Waals surface area contributed by atoms with Crippen LogP contribution in [0.25, 0.3) is 0 Å². The monoisotopic (exact) mass is 508 g/mol. The van der Waals surface area contributed by atoms with Gasteiger partial charge in [0.2, 0.25) is 11.8 Å².